The van der Waals surface area contributed by atoms with Crippen molar-refractivity contribution in [2.24, 2.45) is 5.92 Å². The Labute approximate surface area is 293 Å². The van der Waals surface area contributed by atoms with E-state index in [1.165, 1.54) is 14.0 Å². The molecule has 1 aromatic heterocycles. The molecule has 1 aromatic carbocycles. The maximum Gasteiger partial charge on any atom is 0.257 e. The number of aromatic nitrogens is 1. The van der Waals surface area contributed by atoms with E-state index in [1.54, 1.807) is 30.6 Å². The number of aliphatic hydroxyl groups excluding tert-OH is 1. The Balaban J connectivity index is 1.77. The number of carbonyl (C=O) groups excluding carboxylic acids is 4. The van der Waals surface area contributed by atoms with Gasteiger partial charge in [0.25, 0.3) is 5.91 Å². The van der Waals surface area contributed by atoms with Crippen LogP contribution in [-0.2, 0) is 32.1 Å². The predicted octanol–water partition coefficient (Wildman–Crippen LogP) is 2.37. The summed E-state index contributed by atoms with van der Waals surface area (Å²) in [4.78, 5) is 58.2. The number of amides is 4. The van der Waals surface area contributed by atoms with Crippen LogP contribution in [0.3, 0.4) is 0 Å². The van der Waals surface area contributed by atoms with Crippen molar-refractivity contribution in [1.82, 2.24) is 31.2 Å². The number of methoxy groups -OCH3 is 1. The lowest BCUT2D eigenvalue weighted by Gasteiger charge is -2.26. The van der Waals surface area contributed by atoms with Crippen molar-refractivity contribution in [2.75, 3.05) is 39.9 Å². The molecule has 49 heavy (non-hydrogen) atoms. The fourth-order valence-electron chi connectivity index (χ4n) is 5.42. The molecule has 2 aromatic rings. The fraction of sp³-hybridized carbons (Fsp3) is 0.571. The van der Waals surface area contributed by atoms with Crippen LogP contribution in [0, 0.1) is 5.92 Å². The van der Waals surface area contributed by atoms with Crippen molar-refractivity contribution >= 4 is 35.2 Å². The Hall–Kier alpha value is -3.94. The van der Waals surface area contributed by atoms with E-state index in [2.05, 4.69) is 31.2 Å². The molecule has 2 aliphatic rings. The van der Waals surface area contributed by atoms with Gasteiger partial charge < -0.3 is 35.8 Å². The zero-order chi connectivity index (χ0) is 35.8. The second kappa shape index (κ2) is 20.5. The molecule has 3 heterocycles. The molecule has 14 heteroatoms. The van der Waals surface area contributed by atoms with Crippen molar-refractivity contribution in [3.05, 3.63) is 52.8 Å². The van der Waals surface area contributed by atoms with Crippen LogP contribution in [0.1, 0.15) is 64.0 Å². The van der Waals surface area contributed by atoms with E-state index in [0.717, 1.165) is 17.5 Å². The fourth-order valence-corrected chi connectivity index (χ4v) is 5.60. The first-order valence-corrected chi connectivity index (χ1v) is 17.3. The van der Waals surface area contributed by atoms with E-state index in [-0.39, 0.29) is 30.8 Å². The molecule has 0 aliphatic carbocycles. The number of hydrogen-bond acceptors (Lipinski definition) is 9. The maximum absolute atomic E-state index is 13.3. The highest BCUT2D eigenvalue weighted by Gasteiger charge is 2.30. The van der Waals surface area contributed by atoms with Crippen LogP contribution >= 0.6 is 11.6 Å². The number of hydrogen-bond donors (Lipinski definition) is 5. The molecule has 5 N–H and O–H groups in total. The minimum atomic E-state index is -1.19. The molecule has 4 amide bonds. The SMILES string of the molecule is COc1cc2ccc1OCC(=O)NCCCN(Cc1ccncc1Cl)CCCCNC(=O)[C@H]([C@@H](C)O)NC(=O)[C@@H](CC(C)C)NC(=O)CC2. The van der Waals surface area contributed by atoms with Crippen LogP contribution in [0.15, 0.2) is 36.7 Å². The highest BCUT2D eigenvalue weighted by Crippen LogP contribution is 2.28. The molecule has 0 unspecified atom stereocenters. The third-order valence-corrected chi connectivity index (χ3v) is 8.41. The van der Waals surface area contributed by atoms with E-state index in [4.69, 9.17) is 21.1 Å². The summed E-state index contributed by atoms with van der Waals surface area (Å²) in [6.45, 7) is 7.88. The number of rotatable bonds is 6. The summed E-state index contributed by atoms with van der Waals surface area (Å²) in [6.07, 6.45) is 5.03. The minimum Gasteiger partial charge on any atom is -0.493 e. The minimum absolute atomic E-state index is 0.0725. The highest BCUT2D eigenvalue weighted by atomic mass is 35.5. The molecular weight excluding hydrogens is 652 g/mol. The number of halogens is 1. The summed E-state index contributed by atoms with van der Waals surface area (Å²) in [6, 6.07) is 5.03. The van der Waals surface area contributed by atoms with E-state index < -0.39 is 30.0 Å². The van der Waals surface area contributed by atoms with Gasteiger partial charge in [-0.2, -0.15) is 0 Å². The summed E-state index contributed by atoms with van der Waals surface area (Å²) >= 11 is 6.38. The first-order valence-electron chi connectivity index (χ1n) is 16.9. The number of aryl methyl sites for hydroxylation is 1. The van der Waals surface area contributed by atoms with Crippen molar-refractivity contribution in [2.45, 2.75) is 84.0 Å². The van der Waals surface area contributed by atoms with Crippen LogP contribution in [0.5, 0.6) is 11.5 Å². The second-order valence-electron chi connectivity index (χ2n) is 12.7. The summed E-state index contributed by atoms with van der Waals surface area (Å²) < 4.78 is 11.2. The lowest BCUT2D eigenvalue weighted by molar-refractivity contribution is -0.134. The zero-order valence-corrected chi connectivity index (χ0v) is 29.7. The molecule has 0 radical (unpaired) electrons. The topological polar surface area (TPSA) is 171 Å². The van der Waals surface area contributed by atoms with Gasteiger partial charge in [-0.25, -0.2) is 0 Å². The van der Waals surface area contributed by atoms with Crippen molar-refractivity contribution < 1.29 is 33.8 Å². The van der Waals surface area contributed by atoms with Gasteiger partial charge in [0.2, 0.25) is 17.7 Å². The summed E-state index contributed by atoms with van der Waals surface area (Å²) in [5, 5.41) is 22.2. The van der Waals surface area contributed by atoms with Crippen molar-refractivity contribution in [3.8, 4) is 11.5 Å². The molecule has 0 spiro atoms. The van der Waals surface area contributed by atoms with Crippen LogP contribution in [0.25, 0.3) is 0 Å². The quantitative estimate of drug-likeness (QED) is 0.284. The van der Waals surface area contributed by atoms with Crippen LogP contribution in [0.2, 0.25) is 5.02 Å². The summed E-state index contributed by atoms with van der Waals surface area (Å²) in [5.41, 5.74) is 1.74. The Morgan fingerprint density at radius 3 is 2.45 bits per heavy atom. The van der Waals surface area contributed by atoms with Gasteiger partial charge in [0.05, 0.1) is 18.2 Å². The van der Waals surface area contributed by atoms with Crippen LogP contribution in [-0.4, -0.2) is 96.7 Å². The van der Waals surface area contributed by atoms with Gasteiger partial charge in [-0.1, -0.05) is 31.5 Å². The Kier molecular flexibility index (Phi) is 16.6. The van der Waals surface area contributed by atoms with Gasteiger partial charge in [0.1, 0.15) is 12.1 Å². The standard InChI is InChI=1S/C35H51ClN6O7/c1-23(2)18-28-34(46)41-33(24(3)43)35(47)39-13-5-6-16-42(21-26-12-15-37-20-27(26)36)17-7-14-38-32(45)22-49-29-10-8-25(19-30(29)48-4)9-11-31(44)40-28/h8,10,12,15,19-20,23-24,28,33,43H,5-7,9,11,13-14,16-18,21-22H2,1-4H3,(H,38,45)(H,39,47)(H,40,44)(H,41,46)/t24-,28-,33+/m1/s1. The van der Waals surface area contributed by atoms with Crippen LogP contribution < -0.4 is 30.7 Å². The highest BCUT2D eigenvalue weighted by molar-refractivity contribution is 6.31. The molecule has 4 rings (SSSR count). The number of ether oxygens (including phenoxy) is 2. The zero-order valence-electron chi connectivity index (χ0n) is 28.9. The van der Waals surface area contributed by atoms with E-state index in [9.17, 15) is 24.3 Å². The van der Waals surface area contributed by atoms with E-state index >= 15 is 0 Å². The first kappa shape index (κ1) is 39.5. The third kappa shape index (κ3) is 13.8. The smallest absolute Gasteiger partial charge is 0.257 e. The van der Waals surface area contributed by atoms with Crippen LogP contribution in [0.4, 0.5) is 0 Å². The number of benzene rings is 1. The molecule has 3 atom stereocenters. The van der Waals surface area contributed by atoms with Gasteiger partial charge in [0, 0.05) is 45.0 Å². The van der Waals surface area contributed by atoms with E-state index in [1.807, 2.05) is 19.9 Å². The molecule has 0 saturated heterocycles. The number of pyridine rings is 1. The maximum atomic E-state index is 13.3. The average molecular weight is 703 g/mol. The Morgan fingerprint density at radius 1 is 0.980 bits per heavy atom. The molecule has 0 saturated carbocycles. The number of nitrogens with one attached hydrogen (secondary N) is 4. The Morgan fingerprint density at radius 2 is 1.73 bits per heavy atom. The number of carbonyl (C=O) groups is 4. The third-order valence-electron chi connectivity index (χ3n) is 8.07. The number of aliphatic hydroxyl groups is 1. The molecule has 0 fully saturated rings. The van der Waals surface area contributed by atoms with Crippen molar-refractivity contribution in [3.63, 3.8) is 0 Å². The number of fused-ring (bicyclic) bond motifs is 23. The molecule has 270 valence electrons. The first-order chi connectivity index (χ1) is 23.5. The lowest BCUT2D eigenvalue weighted by Crippen LogP contribution is -2.57. The van der Waals surface area contributed by atoms with Gasteiger partial charge in [0.15, 0.2) is 18.1 Å². The van der Waals surface area contributed by atoms with Crippen molar-refractivity contribution in [1.29, 1.82) is 0 Å². The molecule has 2 aliphatic heterocycles. The molecule has 13 nitrogen and oxygen atoms in total. The predicted molar refractivity (Wildman–Crippen MR) is 186 cm³/mol. The largest absolute Gasteiger partial charge is 0.493 e. The number of nitrogens with zero attached hydrogens (tertiary/aromatic N) is 2. The monoisotopic (exact) mass is 702 g/mol. The normalized spacial score (nSPS) is 20.8. The Bertz CT molecular complexity index is 1390. The van der Waals surface area contributed by atoms with E-state index in [0.29, 0.717) is 74.9 Å². The molecule has 2 bridgehead atoms. The second-order valence-corrected chi connectivity index (χ2v) is 13.1. The summed E-state index contributed by atoms with van der Waals surface area (Å²) in [7, 11) is 1.50. The van der Waals surface area contributed by atoms with Gasteiger partial charge in [-0.15, -0.1) is 0 Å². The lowest BCUT2D eigenvalue weighted by atomic mass is 10.0. The summed E-state index contributed by atoms with van der Waals surface area (Å²) in [5.74, 6) is -0.742. The van der Waals surface area contributed by atoms with Gasteiger partial charge >= 0.3 is 0 Å². The average Bonchev–Trinajstić information content (AvgIpc) is 3.06. The van der Waals surface area contributed by atoms with Gasteiger partial charge in [-0.05, 0) is 80.8 Å². The van der Waals surface area contributed by atoms with Gasteiger partial charge in [-0.3, -0.25) is 29.1 Å². The molecular formula is C35H51ClN6O7.